The van der Waals surface area contributed by atoms with E-state index in [9.17, 15) is 5.21 Å². The van der Waals surface area contributed by atoms with Crippen LogP contribution in [0, 0.1) is 0 Å². The standard InChI is InChI=1S/C12H11Cl2N3O2/c1-17-6-5-15-12(17)11(16-18)7-3-4-8(19-2)10(14)9(7)13/h3-6,18H,1-2H3/b16-11+. The molecule has 1 aromatic carbocycles. The Bertz CT molecular complexity index is 638. The molecule has 0 unspecified atom stereocenters. The normalized spacial score (nSPS) is 11.7. The van der Waals surface area contributed by atoms with Crippen molar-refractivity contribution in [2.24, 2.45) is 12.2 Å². The van der Waals surface area contributed by atoms with Crippen molar-refractivity contribution < 1.29 is 9.94 Å². The third-order valence-electron chi connectivity index (χ3n) is 2.65. The van der Waals surface area contributed by atoms with Crippen LogP contribution in [0.5, 0.6) is 5.75 Å². The van der Waals surface area contributed by atoms with E-state index in [2.05, 4.69) is 10.1 Å². The molecule has 1 heterocycles. The molecule has 0 saturated carbocycles. The second kappa shape index (κ2) is 5.50. The number of nitrogens with zero attached hydrogens (tertiary/aromatic N) is 3. The van der Waals surface area contributed by atoms with Gasteiger partial charge in [0.05, 0.1) is 12.1 Å². The summed E-state index contributed by atoms with van der Waals surface area (Å²) in [6.45, 7) is 0. The highest BCUT2D eigenvalue weighted by Gasteiger charge is 2.19. The summed E-state index contributed by atoms with van der Waals surface area (Å²) in [5, 5.41) is 13.0. The van der Waals surface area contributed by atoms with Gasteiger partial charge in [-0.25, -0.2) is 4.98 Å². The summed E-state index contributed by atoms with van der Waals surface area (Å²) < 4.78 is 6.78. The number of methoxy groups -OCH3 is 1. The van der Waals surface area contributed by atoms with Crippen LogP contribution < -0.4 is 4.74 Å². The second-order valence-electron chi connectivity index (χ2n) is 3.75. The van der Waals surface area contributed by atoms with Gasteiger partial charge in [-0.3, -0.25) is 0 Å². The van der Waals surface area contributed by atoms with E-state index in [-0.39, 0.29) is 15.8 Å². The molecular formula is C12H11Cl2N3O2. The fraction of sp³-hybridized carbons (Fsp3) is 0.167. The zero-order valence-corrected chi connectivity index (χ0v) is 11.8. The van der Waals surface area contributed by atoms with E-state index in [1.807, 2.05) is 0 Å². The summed E-state index contributed by atoms with van der Waals surface area (Å²) in [5.41, 5.74) is 0.714. The van der Waals surface area contributed by atoms with Gasteiger partial charge in [0, 0.05) is 25.0 Å². The molecule has 0 saturated heterocycles. The van der Waals surface area contributed by atoms with Crippen molar-refractivity contribution in [2.45, 2.75) is 0 Å². The lowest BCUT2D eigenvalue weighted by atomic mass is 10.1. The molecule has 1 aromatic heterocycles. The molecule has 100 valence electrons. The highest BCUT2D eigenvalue weighted by atomic mass is 35.5. The smallest absolute Gasteiger partial charge is 0.162 e. The zero-order chi connectivity index (χ0) is 14.0. The first-order chi connectivity index (χ1) is 9.10. The van der Waals surface area contributed by atoms with Crippen LogP contribution in [0.3, 0.4) is 0 Å². The fourth-order valence-corrected chi connectivity index (χ4v) is 2.17. The van der Waals surface area contributed by atoms with Crippen molar-refractivity contribution in [3.8, 4) is 5.75 Å². The molecule has 0 aliphatic heterocycles. The van der Waals surface area contributed by atoms with Crippen molar-refractivity contribution in [1.82, 2.24) is 9.55 Å². The molecule has 0 amide bonds. The van der Waals surface area contributed by atoms with Gasteiger partial charge < -0.3 is 14.5 Å². The van der Waals surface area contributed by atoms with Crippen LogP contribution in [0.1, 0.15) is 11.4 Å². The van der Waals surface area contributed by atoms with Crippen molar-refractivity contribution in [3.63, 3.8) is 0 Å². The highest BCUT2D eigenvalue weighted by Crippen LogP contribution is 2.35. The van der Waals surface area contributed by atoms with Crippen LogP contribution in [0.4, 0.5) is 0 Å². The van der Waals surface area contributed by atoms with Crippen molar-refractivity contribution >= 4 is 28.9 Å². The van der Waals surface area contributed by atoms with Crippen LogP contribution in [-0.4, -0.2) is 27.6 Å². The predicted molar refractivity (Wildman–Crippen MR) is 73.6 cm³/mol. The topological polar surface area (TPSA) is 59.6 Å². The molecule has 0 aliphatic carbocycles. The van der Waals surface area contributed by atoms with Crippen LogP contribution in [0.15, 0.2) is 29.7 Å². The molecule has 1 N–H and O–H groups in total. The first-order valence-corrected chi connectivity index (χ1v) is 6.07. The van der Waals surface area contributed by atoms with Crippen molar-refractivity contribution in [2.75, 3.05) is 7.11 Å². The Morgan fingerprint density at radius 1 is 1.37 bits per heavy atom. The fourth-order valence-electron chi connectivity index (χ4n) is 1.69. The molecule has 0 bridgehead atoms. The molecule has 0 radical (unpaired) electrons. The number of hydrogen-bond donors (Lipinski definition) is 1. The van der Waals surface area contributed by atoms with Gasteiger partial charge in [0.25, 0.3) is 0 Å². The quantitative estimate of drug-likeness (QED) is 0.538. The van der Waals surface area contributed by atoms with E-state index in [0.717, 1.165) is 0 Å². The number of benzene rings is 1. The van der Waals surface area contributed by atoms with E-state index < -0.39 is 0 Å². The third-order valence-corrected chi connectivity index (χ3v) is 3.52. The van der Waals surface area contributed by atoms with Gasteiger partial charge in [0.2, 0.25) is 0 Å². The number of aryl methyl sites for hydroxylation is 1. The third kappa shape index (κ3) is 2.39. The summed E-state index contributed by atoms with van der Waals surface area (Å²) in [4.78, 5) is 4.12. The van der Waals surface area contributed by atoms with Crippen molar-refractivity contribution in [3.05, 3.63) is 46.0 Å². The molecule has 0 aliphatic rings. The van der Waals surface area contributed by atoms with Gasteiger partial charge in [0.1, 0.15) is 10.8 Å². The van der Waals surface area contributed by atoms with E-state index in [1.54, 1.807) is 36.1 Å². The summed E-state index contributed by atoms with van der Waals surface area (Å²) in [7, 11) is 3.28. The number of hydrogen-bond acceptors (Lipinski definition) is 4. The lowest BCUT2D eigenvalue weighted by molar-refractivity contribution is 0.319. The van der Waals surface area contributed by atoms with Crippen LogP contribution in [0.2, 0.25) is 10.0 Å². The van der Waals surface area contributed by atoms with Crippen LogP contribution in [-0.2, 0) is 7.05 Å². The van der Waals surface area contributed by atoms with E-state index in [0.29, 0.717) is 17.1 Å². The van der Waals surface area contributed by atoms with E-state index in [1.165, 1.54) is 7.11 Å². The van der Waals surface area contributed by atoms with Crippen LogP contribution in [0.25, 0.3) is 0 Å². The second-order valence-corrected chi connectivity index (χ2v) is 4.51. The zero-order valence-electron chi connectivity index (χ0n) is 10.3. The molecule has 19 heavy (non-hydrogen) atoms. The number of aromatic nitrogens is 2. The highest BCUT2D eigenvalue weighted by molar-refractivity contribution is 6.45. The predicted octanol–water partition coefficient (Wildman–Crippen LogP) is 2.96. The minimum atomic E-state index is 0.238. The minimum absolute atomic E-state index is 0.238. The summed E-state index contributed by atoms with van der Waals surface area (Å²) >= 11 is 12.3. The average molecular weight is 300 g/mol. The molecule has 7 heteroatoms. The number of rotatable bonds is 3. The van der Waals surface area contributed by atoms with E-state index in [4.69, 9.17) is 27.9 Å². The number of oxime groups is 1. The molecule has 5 nitrogen and oxygen atoms in total. The molecular weight excluding hydrogens is 289 g/mol. The molecule has 2 aromatic rings. The van der Waals surface area contributed by atoms with Crippen LogP contribution >= 0.6 is 23.2 Å². The SMILES string of the molecule is COc1ccc(/C(=N\O)c2nccn2C)c(Cl)c1Cl. The Kier molecular flexibility index (Phi) is 3.97. The minimum Gasteiger partial charge on any atom is -0.495 e. The Morgan fingerprint density at radius 3 is 2.63 bits per heavy atom. The maximum absolute atomic E-state index is 9.22. The Balaban J connectivity index is 2.58. The first kappa shape index (κ1) is 13.7. The van der Waals surface area contributed by atoms with Gasteiger partial charge in [-0.05, 0) is 12.1 Å². The number of imidazole rings is 1. The number of halogens is 2. The summed E-state index contributed by atoms with van der Waals surface area (Å²) in [5.74, 6) is 0.929. The van der Waals surface area contributed by atoms with Crippen molar-refractivity contribution in [1.29, 1.82) is 0 Å². The Hall–Kier alpha value is -1.72. The van der Waals surface area contributed by atoms with Gasteiger partial charge in [-0.15, -0.1) is 0 Å². The lowest BCUT2D eigenvalue weighted by Crippen LogP contribution is -2.11. The maximum Gasteiger partial charge on any atom is 0.162 e. The number of ether oxygens (including phenoxy) is 1. The van der Waals surface area contributed by atoms with Gasteiger partial charge in [0.15, 0.2) is 11.5 Å². The molecule has 0 spiro atoms. The van der Waals surface area contributed by atoms with Gasteiger partial charge in [-0.2, -0.15) is 0 Å². The van der Waals surface area contributed by atoms with Gasteiger partial charge in [-0.1, -0.05) is 28.4 Å². The Labute approximate surface area is 120 Å². The lowest BCUT2D eigenvalue weighted by Gasteiger charge is -2.10. The maximum atomic E-state index is 9.22. The van der Waals surface area contributed by atoms with E-state index >= 15 is 0 Å². The molecule has 0 atom stereocenters. The largest absolute Gasteiger partial charge is 0.495 e. The monoisotopic (exact) mass is 299 g/mol. The van der Waals surface area contributed by atoms with Gasteiger partial charge >= 0.3 is 0 Å². The summed E-state index contributed by atoms with van der Waals surface area (Å²) in [6.07, 6.45) is 3.33. The summed E-state index contributed by atoms with van der Waals surface area (Å²) in [6, 6.07) is 3.31. The molecule has 0 fully saturated rings. The average Bonchev–Trinajstić information content (AvgIpc) is 2.82. The molecule has 2 rings (SSSR count). The first-order valence-electron chi connectivity index (χ1n) is 5.32. The Morgan fingerprint density at radius 2 is 2.11 bits per heavy atom.